The lowest BCUT2D eigenvalue weighted by Crippen LogP contribution is -2.43. The fraction of sp³-hybridized carbons (Fsp3) is 0.400. The number of carbonyl (C=O) groups is 2. The van der Waals surface area contributed by atoms with Gasteiger partial charge in [0.1, 0.15) is 12.3 Å². The Labute approximate surface area is 198 Å². The van der Waals surface area contributed by atoms with E-state index in [0.29, 0.717) is 24.6 Å². The van der Waals surface area contributed by atoms with E-state index in [0.717, 1.165) is 35.4 Å². The first kappa shape index (κ1) is 23.3. The third-order valence-electron chi connectivity index (χ3n) is 5.96. The number of hydrogen-bond donors (Lipinski definition) is 0. The summed E-state index contributed by atoms with van der Waals surface area (Å²) < 4.78 is 10.5. The highest BCUT2D eigenvalue weighted by atomic mass is 35.5. The minimum atomic E-state index is -0.354. The molecule has 1 atom stereocenters. The first-order valence-electron chi connectivity index (χ1n) is 11.1. The highest BCUT2D eigenvalue weighted by Gasteiger charge is 2.38. The average Bonchev–Trinajstić information content (AvgIpc) is 3.59. The largest absolute Gasteiger partial charge is 0.497 e. The van der Waals surface area contributed by atoms with Gasteiger partial charge in [-0.25, -0.2) is 5.01 Å². The van der Waals surface area contributed by atoms with E-state index in [-0.39, 0.29) is 30.3 Å². The number of hydrogen-bond acceptors (Lipinski definition) is 5. The SMILES string of the molecule is COCCN(CC(=O)N1N=C(c2cccc(OC)c2)C[C@@H]1c1ccccc1Cl)C(=O)C1CC1. The van der Waals surface area contributed by atoms with E-state index >= 15 is 0 Å². The standard InChI is InChI=1S/C25H28ClN3O4/c1-32-13-12-28(25(31)17-10-11-17)16-24(30)29-23(20-8-3-4-9-21(20)26)15-22(27-29)18-6-5-7-19(14-18)33-2/h3-9,14,17,23H,10-13,15-16H2,1-2H3/t23-/m1/s1. The fourth-order valence-electron chi connectivity index (χ4n) is 4.00. The minimum absolute atomic E-state index is 0.00545. The van der Waals surface area contributed by atoms with Gasteiger partial charge in [0.15, 0.2) is 0 Å². The summed E-state index contributed by atoms with van der Waals surface area (Å²) in [6.45, 7) is 0.696. The Morgan fingerprint density at radius 3 is 2.64 bits per heavy atom. The molecule has 0 radical (unpaired) electrons. The van der Waals surface area contributed by atoms with Crippen LogP contribution in [0.2, 0.25) is 5.02 Å². The van der Waals surface area contributed by atoms with Crippen molar-refractivity contribution in [3.05, 3.63) is 64.7 Å². The molecule has 0 saturated heterocycles. The second-order valence-electron chi connectivity index (χ2n) is 8.29. The molecule has 1 aliphatic heterocycles. The molecular weight excluding hydrogens is 442 g/mol. The molecule has 0 bridgehead atoms. The van der Waals surface area contributed by atoms with Crippen molar-refractivity contribution in [3.63, 3.8) is 0 Å². The summed E-state index contributed by atoms with van der Waals surface area (Å²) in [5.41, 5.74) is 2.47. The second-order valence-corrected chi connectivity index (χ2v) is 8.69. The average molecular weight is 470 g/mol. The monoisotopic (exact) mass is 469 g/mol. The van der Waals surface area contributed by atoms with Gasteiger partial charge in [0, 0.05) is 36.6 Å². The zero-order chi connectivity index (χ0) is 23.4. The Balaban J connectivity index is 1.62. The molecule has 33 heavy (non-hydrogen) atoms. The van der Waals surface area contributed by atoms with E-state index < -0.39 is 0 Å². The van der Waals surface area contributed by atoms with Gasteiger partial charge in [0.05, 0.1) is 25.5 Å². The van der Waals surface area contributed by atoms with Crippen molar-refractivity contribution >= 4 is 29.1 Å². The van der Waals surface area contributed by atoms with Crippen molar-refractivity contribution in [1.82, 2.24) is 9.91 Å². The minimum Gasteiger partial charge on any atom is -0.497 e. The van der Waals surface area contributed by atoms with Gasteiger partial charge in [-0.15, -0.1) is 0 Å². The van der Waals surface area contributed by atoms with Crippen LogP contribution in [0.3, 0.4) is 0 Å². The lowest BCUT2D eigenvalue weighted by Gasteiger charge is -2.27. The van der Waals surface area contributed by atoms with Crippen molar-refractivity contribution in [1.29, 1.82) is 0 Å². The molecule has 8 heteroatoms. The molecule has 0 aromatic heterocycles. The Bertz CT molecular complexity index is 1050. The Kier molecular flexibility index (Phi) is 7.30. The molecule has 1 aliphatic carbocycles. The van der Waals surface area contributed by atoms with Gasteiger partial charge in [0.2, 0.25) is 5.91 Å². The number of halogens is 1. The van der Waals surface area contributed by atoms with Crippen molar-refractivity contribution in [2.24, 2.45) is 11.0 Å². The maximum Gasteiger partial charge on any atom is 0.262 e. The molecule has 0 spiro atoms. The Morgan fingerprint density at radius 1 is 1.15 bits per heavy atom. The van der Waals surface area contributed by atoms with Crippen LogP contribution in [0.15, 0.2) is 53.6 Å². The Hall–Kier alpha value is -2.90. The number of nitrogens with zero attached hydrogens (tertiary/aromatic N) is 3. The third-order valence-corrected chi connectivity index (χ3v) is 6.31. The van der Waals surface area contributed by atoms with Crippen molar-refractivity contribution < 1.29 is 19.1 Å². The number of rotatable bonds is 9. The van der Waals surface area contributed by atoms with Crippen molar-refractivity contribution in [2.75, 3.05) is 33.9 Å². The van der Waals surface area contributed by atoms with Crippen molar-refractivity contribution in [3.8, 4) is 5.75 Å². The van der Waals surface area contributed by atoms with E-state index in [4.69, 9.17) is 26.2 Å². The summed E-state index contributed by atoms with van der Waals surface area (Å²) in [5.74, 6) is 0.493. The van der Waals surface area contributed by atoms with Gasteiger partial charge in [-0.2, -0.15) is 5.10 Å². The number of amides is 2. The molecule has 7 nitrogen and oxygen atoms in total. The number of hydrazone groups is 1. The van der Waals surface area contributed by atoms with Gasteiger partial charge in [0.25, 0.3) is 5.91 Å². The molecule has 2 aliphatic rings. The molecule has 174 valence electrons. The fourth-order valence-corrected chi connectivity index (χ4v) is 4.26. The molecule has 2 aromatic rings. The lowest BCUT2D eigenvalue weighted by molar-refractivity contribution is -0.142. The molecular formula is C25H28ClN3O4. The van der Waals surface area contributed by atoms with E-state index in [2.05, 4.69) is 0 Å². The van der Waals surface area contributed by atoms with Crippen molar-refractivity contribution in [2.45, 2.75) is 25.3 Å². The molecule has 2 aromatic carbocycles. The first-order valence-corrected chi connectivity index (χ1v) is 11.5. The van der Waals surface area contributed by atoms with E-state index in [1.165, 1.54) is 5.01 Å². The second kappa shape index (κ2) is 10.4. The maximum atomic E-state index is 13.5. The number of benzene rings is 2. The molecule has 0 unspecified atom stereocenters. The van der Waals surface area contributed by atoms with Crippen LogP contribution >= 0.6 is 11.6 Å². The van der Waals surface area contributed by atoms with E-state index in [9.17, 15) is 9.59 Å². The summed E-state index contributed by atoms with van der Waals surface area (Å²) in [7, 11) is 3.20. The van der Waals surface area contributed by atoms with Crippen LogP contribution in [-0.2, 0) is 14.3 Å². The highest BCUT2D eigenvalue weighted by molar-refractivity contribution is 6.31. The zero-order valence-corrected chi connectivity index (χ0v) is 19.6. The van der Waals surface area contributed by atoms with Crippen LogP contribution in [0.1, 0.15) is 36.4 Å². The van der Waals surface area contributed by atoms with Crippen LogP contribution in [0.25, 0.3) is 0 Å². The number of ether oxygens (including phenoxy) is 2. The highest BCUT2D eigenvalue weighted by Crippen LogP contribution is 2.37. The van der Waals surface area contributed by atoms with Crippen LogP contribution in [0.4, 0.5) is 0 Å². The van der Waals surface area contributed by atoms with Crippen LogP contribution in [-0.4, -0.2) is 61.4 Å². The molecule has 0 N–H and O–H groups in total. The Morgan fingerprint density at radius 2 is 1.94 bits per heavy atom. The normalized spacial score (nSPS) is 17.6. The van der Waals surface area contributed by atoms with Gasteiger partial charge in [-0.3, -0.25) is 9.59 Å². The number of carbonyl (C=O) groups excluding carboxylic acids is 2. The third kappa shape index (κ3) is 5.37. The maximum absolute atomic E-state index is 13.5. The lowest BCUT2D eigenvalue weighted by atomic mass is 9.98. The van der Waals surface area contributed by atoms with E-state index in [1.54, 1.807) is 19.1 Å². The molecule has 1 heterocycles. The van der Waals surface area contributed by atoms with Gasteiger partial charge >= 0.3 is 0 Å². The molecule has 2 amide bonds. The predicted molar refractivity (Wildman–Crippen MR) is 126 cm³/mol. The topological polar surface area (TPSA) is 71.4 Å². The predicted octanol–water partition coefficient (Wildman–Crippen LogP) is 3.91. The van der Waals surface area contributed by atoms with Crippen LogP contribution in [0, 0.1) is 5.92 Å². The quantitative estimate of drug-likeness (QED) is 0.558. The molecule has 4 rings (SSSR count). The van der Waals surface area contributed by atoms with Gasteiger partial charge in [-0.05, 0) is 36.6 Å². The number of methoxy groups -OCH3 is 2. The van der Waals surface area contributed by atoms with Crippen LogP contribution < -0.4 is 4.74 Å². The van der Waals surface area contributed by atoms with E-state index in [1.807, 2.05) is 48.5 Å². The van der Waals surface area contributed by atoms with Gasteiger partial charge in [-0.1, -0.05) is 41.9 Å². The van der Waals surface area contributed by atoms with Crippen LogP contribution in [0.5, 0.6) is 5.75 Å². The zero-order valence-electron chi connectivity index (χ0n) is 18.9. The summed E-state index contributed by atoms with van der Waals surface area (Å²) in [4.78, 5) is 27.8. The smallest absolute Gasteiger partial charge is 0.262 e. The first-order chi connectivity index (χ1) is 16.0. The summed E-state index contributed by atoms with van der Waals surface area (Å²) >= 11 is 6.50. The summed E-state index contributed by atoms with van der Waals surface area (Å²) in [6.07, 6.45) is 2.26. The van der Waals surface area contributed by atoms with Gasteiger partial charge < -0.3 is 14.4 Å². The summed E-state index contributed by atoms with van der Waals surface area (Å²) in [6, 6.07) is 14.7. The molecule has 1 fully saturated rings. The summed E-state index contributed by atoms with van der Waals surface area (Å²) in [5, 5.41) is 6.76. The molecule has 1 saturated carbocycles.